The molecule has 5 nitrogen and oxygen atoms in total. The van der Waals surface area contributed by atoms with E-state index in [1.165, 1.54) is 18.9 Å². The Morgan fingerprint density at radius 3 is 2.96 bits per heavy atom. The molecule has 0 saturated carbocycles. The van der Waals surface area contributed by atoms with Crippen molar-refractivity contribution in [1.82, 2.24) is 14.8 Å². The van der Waals surface area contributed by atoms with Crippen LogP contribution in [0, 0.1) is 5.82 Å². The molecule has 2 saturated heterocycles. The van der Waals surface area contributed by atoms with Crippen molar-refractivity contribution < 1.29 is 13.6 Å². The zero-order valence-corrected chi connectivity index (χ0v) is 15.6. The molecular formula is C22H22FN3O2. The summed E-state index contributed by atoms with van der Waals surface area (Å²) in [6.45, 7) is 3.67. The summed E-state index contributed by atoms with van der Waals surface area (Å²) in [5.41, 5.74) is 2.41. The SMILES string of the molecule is O=C(c1ccc2nc(Cc3ccccc3F)oc2c1)N1CCN2CCCC2C1. The number of amides is 1. The number of benzene rings is 2. The molecular weight excluding hydrogens is 357 g/mol. The summed E-state index contributed by atoms with van der Waals surface area (Å²) in [4.78, 5) is 21.8. The normalized spacial score (nSPS) is 19.9. The quantitative estimate of drug-likeness (QED) is 0.699. The Labute approximate surface area is 162 Å². The van der Waals surface area contributed by atoms with Crippen LogP contribution < -0.4 is 0 Å². The lowest BCUT2D eigenvalue weighted by Gasteiger charge is -2.37. The number of rotatable bonds is 3. The van der Waals surface area contributed by atoms with Crippen LogP contribution in [0.3, 0.4) is 0 Å². The van der Waals surface area contributed by atoms with Gasteiger partial charge in [0.05, 0.1) is 6.42 Å². The van der Waals surface area contributed by atoms with Crippen molar-refractivity contribution in [3.63, 3.8) is 0 Å². The highest BCUT2D eigenvalue weighted by molar-refractivity contribution is 5.97. The van der Waals surface area contributed by atoms with Crippen LogP contribution in [0.25, 0.3) is 11.1 Å². The highest BCUT2D eigenvalue weighted by Crippen LogP contribution is 2.24. The van der Waals surface area contributed by atoms with Crippen LogP contribution in [0.5, 0.6) is 0 Å². The summed E-state index contributed by atoms with van der Waals surface area (Å²) in [5, 5.41) is 0. The third kappa shape index (κ3) is 3.18. The number of hydrogen-bond acceptors (Lipinski definition) is 4. The minimum absolute atomic E-state index is 0.0421. The number of aromatic nitrogens is 1. The zero-order valence-electron chi connectivity index (χ0n) is 15.6. The Hall–Kier alpha value is -2.73. The summed E-state index contributed by atoms with van der Waals surface area (Å²) in [5.74, 6) is 0.219. The first kappa shape index (κ1) is 17.4. The topological polar surface area (TPSA) is 49.6 Å². The Kier molecular flexibility index (Phi) is 4.36. The van der Waals surface area contributed by atoms with Crippen molar-refractivity contribution in [3.05, 3.63) is 65.3 Å². The van der Waals surface area contributed by atoms with Crippen LogP contribution in [-0.2, 0) is 6.42 Å². The van der Waals surface area contributed by atoms with Crippen LogP contribution in [0.15, 0.2) is 46.9 Å². The smallest absolute Gasteiger partial charge is 0.254 e. The minimum Gasteiger partial charge on any atom is -0.440 e. The van der Waals surface area contributed by atoms with E-state index in [2.05, 4.69) is 9.88 Å². The van der Waals surface area contributed by atoms with Crippen LogP contribution in [0.1, 0.15) is 34.7 Å². The lowest BCUT2D eigenvalue weighted by molar-refractivity contribution is 0.0571. The van der Waals surface area contributed by atoms with E-state index in [4.69, 9.17) is 4.42 Å². The summed E-state index contributed by atoms with van der Waals surface area (Å²) >= 11 is 0. The van der Waals surface area contributed by atoms with Gasteiger partial charge in [-0.05, 0) is 49.2 Å². The number of nitrogens with zero attached hydrogens (tertiary/aromatic N) is 3. The molecule has 144 valence electrons. The number of oxazole rings is 1. The van der Waals surface area contributed by atoms with Crippen LogP contribution in [0.4, 0.5) is 4.39 Å². The molecule has 3 aromatic rings. The van der Waals surface area contributed by atoms with Gasteiger partial charge in [-0.1, -0.05) is 18.2 Å². The number of fused-ring (bicyclic) bond motifs is 2. The van der Waals surface area contributed by atoms with Gasteiger partial charge in [0.25, 0.3) is 5.91 Å². The molecule has 1 aromatic heterocycles. The molecule has 28 heavy (non-hydrogen) atoms. The Balaban J connectivity index is 1.36. The molecule has 0 spiro atoms. The molecule has 6 heteroatoms. The fourth-order valence-corrected chi connectivity index (χ4v) is 4.34. The van der Waals surface area contributed by atoms with Gasteiger partial charge < -0.3 is 9.32 Å². The highest BCUT2D eigenvalue weighted by Gasteiger charge is 2.32. The summed E-state index contributed by atoms with van der Waals surface area (Å²) in [6.07, 6.45) is 2.68. The Morgan fingerprint density at radius 1 is 1.18 bits per heavy atom. The van der Waals surface area contributed by atoms with Crippen LogP contribution in [0.2, 0.25) is 0 Å². The van der Waals surface area contributed by atoms with Crippen molar-refractivity contribution in [2.45, 2.75) is 25.3 Å². The van der Waals surface area contributed by atoms with Crippen molar-refractivity contribution >= 4 is 17.0 Å². The van der Waals surface area contributed by atoms with E-state index in [0.717, 1.165) is 26.2 Å². The first-order chi connectivity index (χ1) is 13.7. The van der Waals surface area contributed by atoms with E-state index in [9.17, 15) is 9.18 Å². The fraction of sp³-hybridized carbons (Fsp3) is 0.364. The molecule has 2 fully saturated rings. The van der Waals surface area contributed by atoms with Crippen molar-refractivity contribution in [2.75, 3.05) is 26.2 Å². The predicted molar refractivity (Wildman–Crippen MR) is 104 cm³/mol. The van der Waals surface area contributed by atoms with Gasteiger partial charge in [0.15, 0.2) is 11.5 Å². The number of halogens is 1. The van der Waals surface area contributed by atoms with E-state index in [1.54, 1.807) is 30.3 Å². The standard InChI is InChI=1S/C22H22FN3O2/c23-18-6-2-1-4-15(18)13-21-24-19-8-7-16(12-20(19)28-21)22(27)26-11-10-25-9-3-5-17(25)14-26/h1-2,4,6-8,12,17H,3,5,9-11,13-14H2. The maximum Gasteiger partial charge on any atom is 0.254 e. The van der Waals surface area contributed by atoms with Crippen LogP contribution >= 0.6 is 0 Å². The molecule has 0 bridgehead atoms. The largest absolute Gasteiger partial charge is 0.440 e. The average Bonchev–Trinajstić information content (AvgIpc) is 3.34. The number of carbonyl (C=O) groups excluding carboxylic acids is 1. The number of piperazine rings is 1. The molecule has 1 amide bonds. The van der Waals surface area contributed by atoms with E-state index < -0.39 is 0 Å². The highest BCUT2D eigenvalue weighted by atomic mass is 19.1. The van der Waals surface area contributed by atoms with E-state index in [-0.39, 0.29) is 18.1 Å². The molecule has 1 atom stereocenters. The third-order valence-corrected chi connectivity index (χ3v) is 5.85. The summed E-state index contributed by atoms with van der Waals surface area (Å²) < 4.78 is 19.7. The second-order valence-corrected chi connectivity index (χ2v) is 7.64. The first-order valence-electron chi connectivity index (χ1n) is 9.83. The van der Waals surface area contributed by atoms with Crippen LogP contribution in [-0.4, -0.2) is 52.9 Å². The molecule has 5 rings (SSSR count). The maximum atomic E-state index is 13.9. The molecule has 0 radical (unpaired) electrons. The summed E-state index contributed by atoms with van der Waals surface area (Å²) in [6, 6.07) is 12.5. The monoisotopic (exact) mass is 379 g/mol. The predicted octanol–water partition coefficient (Wildman–Crippen LogP) is 3.48. The average molecular weight is 379 g/mol. The number of hydrogen-bond donors (Lipinski definition) is 0. The molecule has 1 unspecified atom stereocenters. The lowest BCUT2D eigenvalue weighted by atomic mass is 10.1. The van der Waals surface area contributed by atoms with Gasteiger partial charge in [-0.3, -0.25) is 9.69 Å². The molecule has 2 aliphatic heterocycles. The van der Waals surface area contributed by atoms with Gasteiger partial charge in [0, 0.05) is 31.2 Å². The molecule has 0 N–H and O–H groups in total. The maximum absolute atomic E-state index is 13.9. The van der Waals surface area contributed by atoms with Crippen molar-refractivity contribution in [3.8, 4) is 0 Å². The van der Waals surface area contributed by atoms with Gasteiger partial charge in [-0.15, -0.1) is 0 Å². The second-order valence-electron chi connectivity index (χ2n) is 7.64. The van der Waals surface area contributed by atoms with Gasteiger partial charge in [-0.25, -0.2) is 9.37 Å². The van der Waals surface area contributed by atoms with Gasteiger partial charge in [0.1, 0.15) is 11.3 Å². The zero-order chi connectivity index (χ0) is 19.1. The van der Waals surface area contributed by atoms with Gasteiger partial charge in [-0.2, -0.15) is 0 Å². The molecule has 2 aromatic carbocycles. The molecule has 0 aliphatic carbocycles. The summed E-state index contributed by atoms with van der Waals surface area (Å²) in [7, 11) is 0. The van der Waals surface area contributed by atoms with E-state index >= 15 is 0 Å². The van der Waals surface area contributed by atoms with Gasteiger partial charge >= 0.3 is 0 Å². The minimum atomic E-state index is -0.272. The Bertz CT molecular complexity index is 1030. The van der Waals surface area contributed by atoms with E-state index in [0.29, 0.717) is 34.2 Å². The number of carbonyl (C=O) groups is 1. The third-order valence-electron chi connectivity index (χ3n) is 5.85. The Morgan fingerprint density at radius 2 is 2.07 bits per heavy atom. The van der Waals surface area contributed by atoms with Gasteiger partial charge in [0.2, 0.25) is 0 Å². The molecule has 2 aliphatic rings. The van der Waals surface area contributed by atoms with E-state index in [1.807, 2.05) is 11.0 Å². The lowest BCUT2D eigenvalue weighted by Crippen LogP contribution is -2.52. The van der Waals surface area contributed by atoms with Crippen molar-refractivity contribution in [2.24, 2.45) is 0 Å². The first-order valence-corrected chi connectivity index (χ1v) is 9.83. The van der Waals surface area contributed by atoms with Crippen molar-refractivity contribution in [1.29, 1.82) is 0 Å². The molecule has 3 heterocycles. The second kappa shape index (κ2) is 7.02. The fourth-order valence-electron chi connectivity index (χ4n) is 4.34.